The van der Waals surface area contributed by atoms with Crippen molar-refractivity contribution in [3.8, 4) is 11.5 Å². The maximum absolute atomic E-state index is 12.9. The number of carbonyl (C=O) groups is 2. The zero-order valence-electron chi connectivity index (χ0n) is 23.2. The van der Waals surface area contributed by atoms with Crippen LogP contribution < -0.4 is 9.47 Å². The van der Waals surface area contributed by atoms with E-state index in [0.717, 1.165) is 24.3 Å². The van der Waals surface area contributed by atoms with Crippen molar-refractivity contribution in [1.82, 2.24) is 0 Å². The minimum atomic E-state index is -0.937. The summed E-state index contributed by atoms with van der Waals surface area (Å²) in [5.74, 6) is 0.443. The number of esters is 2. The molecule has 0 amide bonds. The number of epoxide rings is 2. The zero-order valence-corrected chi connectivity index (χ0v) is 23.2. The largest absolute Gasteiger partial charge is 0.491 e. The van der Waals surface area contributed by atoms with Crippen LogP contribution in [0.5, 0.6) is 11.5 Å². The molecule has 2 aliphatic rings. The van der Waals surface area contributed by atoms with Gasteiger partial charge < -0.3 is 28.4 Å². The monoisotopic (exact) mass is 546 g/mol. The van der Waals surface area contributed by atoms with Gasteiger partial charge in [-0.1, -0.05) is 18.2 Å². The molecule has 3 aromatic carbocycles. The smallest absolute Gasteiger partial charge is 0.338 e. The van der Waals surface area contributed by atoms with E-state index in [2.05, 4.69) is 0 Å². The first-order chi connectivity index (χ1) is 19.1. The molecule has 0 aliphatic carbocycles. The van der Waals surface area contributed by atoms with Crippen LogP contribution in [0.3, 0.4) is 0 Å². The fourth-order valence-electron chi connectivity index (χ4n) is 4.05. The number of hydrogen-bond acceptors (Lipinski definition) is 8. The van der Waals surface area contributed by atoms with Crippen molar-refractivity contribution in [2.75, 3.05) is 26.4 Å². The lowest BCUT2D eigenvalue weighted by Crippen LogP contribution is -2.28. The predicted molar refractivity (Wildman–Crippen MR) is 147 cm³/mol. The molecule has 0 radical (unpaired) electrons. The van der Waals surface area contributed by atoms with Crippen LogP contribution in [0, 0.1) is 0 Å². The number of rotatable bonds is 12. The van der Waals surface area contributed by atoms with Gasteiger partial charge in [-0.25, -0.2) is 9.59 Å². The highest BCUT2D eigenvalue weighted by Gasteiger charge is 2.31. The number of carbonyl (C=O) groups excluding carboxylic acids is 2. The summed E-state index contributed by atoms with van der Waals surface area (Å²) in [4.78, 5) is 25.9. The molecule has 2 heterocycles. The van der Waals surface area contributed by atoms with Gasteiger partial charge in [-0.3, -0.25) is 0 Å². The summed E-state index contributed by atoms with van der Waals surface area (Å²) >= 11 is 0. The molecule has 0 N–H and O–H groups in total. The van der Waals surface area contributed by atoms with Gasteiger partial charge in [0.15, 0.2) is 0 Å². The van der Waals surface area contributed by atoms with Gasteiger partial charge in [-0.05, 0) is 93.4 Å². The molecular weight excluding hydrogens is 512 g/mol. The van der Waals surface area contributed by atoms with E-state index >= 15 is 0 Å². The molecule has 0 bridgehead atoms. The van der Waals surface area contributed by atoms with Gasteiger partial charge in [0.05, 0.1) is 24.3 Å². The molecule has 0 aromatic heterocycles. The molecule has 8 heteroatoms. The molecule has 40 heavy (non-hydrogen) atoms. The summed E-state index contributed by atoms with van der Waals surface area (Å²) in [6.45, 7) is 9.75. The summed E-state index contributed by atoms with van der Waals surface area (Å²) in [6, 6.07) is 21.2. The first kappa shape index (κ1) is 27.7. The maximum Gasteiger partial charge on any atom is 0.338 e. The summed E-state index contributed by atoms with van der Waals surface area (Å²) < 4.78 is 33.4. The Labute approximate surface area is 234 Å². The highest BCUT2D eigenvalue weighted by atomic mass is 16.6. The molecule has 2 aliphatic heterocycles. The predicted octanol–water partition coefficient (Wildman–Crippen LogP) is 5.43. The Bertz CT molecular complexity index is 1240. The van der Waals surface area contributed by atoms with Crippen LogP contribution in [-0.2, 0) is 30.1 Å². The first-order valence-electron chi connectivity index (χ1n) is 13.4. The average molecular weight is 547 g/mol. The Morgan fingerprint density at radius 1 is 0.675 bits per heavy atom. The lowest BCUT2D eigenvalue weighted by molar-refractivity contribution is -0.00511. The van der Waals surface area contributed by atoms with E-state index < -0.39 is 23.1 Å². The quantitative estimate of drug-likeness (QED) is 0.219. The minimum Gasteiger partial charge on any atom is -0.491 e. The summed E-state index contributed by atoms with van der Waals surface area (Å²) in [5.41, 5.74) is 0.512. The number of ether oxygens (including phenoxy) is 6. The second-order valence-electron chi connectivity index (χ2n) is 11.0. The van der Waals surface area contributed by atoms with Gasteiger partial charge in [0, 0.05) is 0 Å². The Morgan fingerprint density at radius 2 is 1.05 bits per heavy atom. The van der Waals surface area contributed by atoms with E-state index in [1.54, 1.807) is 48.5 Å². The molecule has 2 unspecified atom stereocenters. The van der Waals surface area contributed by atoms with E-state index in [0.29, 0.717) is 35.8 Å². The van der Waals surface area contributed by atoms with Crippen LogP contribution in [-0.4, -0.2) is 50.6 Å². The summed E-state index contributed by atoms with van der Waals surface area (Å²) in [5, 5.41) is 0. The third kappa shape index (κ3) is 7.20. The first-order valence-corrected chi connectivity index (χ1v) is 13.4. The topological polar surface area (TPSA) is 96.1 Å². The minimum absolute atomic E-state index is 0.161. The van der Waals surface area contributed by atoms with Gasteiger partial charge >= 0.3 is 11.9 Å². The van der Waals surface area contributed by atoms with Crippen molar-refractivity contribution in [2.24, 2.45) is 0 Å². The molecule has 0 spiro atoms. The van der Waals surface area contributed by atoms with E-state index in [1.807, 2.05) is 52.0 Å². The van der Waals surface area contributed by atoms with Crippen molar-refractivity contribution < 1.29 is 38.0 Å². The average Bonchev–Trinajstić information content (AvgIpc) is 3.87. The summed E-state index contributed by atoms with van der Waals surface area (Å²) in [7, 11) is 0. The van der Waals surface area contributed by atoms with Gasteiger partial charge in [0.2, 0.25) is 0 Å². The Hall–Kier alpha value is -3.88. The molecule has 2 atom stereocenters. The molecule has 3 aromatic rings. The Morgan fingerprint density at radius 3 is 1.40 bits per heavy atom. The zero-order chi connectivity index (χ0) is 28.3. The Balaban J connectivity index is 1.21. The van der Waals surface area contributed by atoms with Crippen molar-refractivity contribution in [3.63, 3.8) is 0 Å². The molecular formula is C32H34O8. The third-order valence-corrected chi connectivity index (χ3v) is 6.81. The normalized spacial score (nSPS) is 18.0. The van der Waals surface area contributed by atoms with E-state index in [-0.39, 0.29) is 12.2 Å². The lowest BCUT2D eigenvalue weighted by atomic mass is 9.90. The lowest BCUT2D eigenvalue weighted by Gasteiger charge is -2.30. The van der Waals surface area contributed by atoms with Crippen molar-refractivity contribution in [3.05, 3.63) is 95.1 Å². The SMILES string of the molecule is CC(C)(OC(=O)c1ccc(OCC2CO2)cc1)c1cccc(C(C)(C)OC(=O)c2ccc(OCC3CO3)cc2)c1. The van der Waals surface area contributed by atoms with Crippen molar-refractivity contribution >= 4 is 11.9 Å². The van der Waals surface area contributed by atoms with Crippen LogP contribution in [0.15, 0.2) is 72.8 Å². The van der Waals surface area contributed by atoms with Gasteiger partial charge in [0.1, 0.15) is 48.1 Å². The molecule has 2 fully saturated rings. The van der Waals surface area contributed by atoms with Crippen LogP contribution in [0.4, 0.5) is 0 Å². The van der Waals surface area contributed by atoms with E-state index in [4.69, 9.17) is 28.4 Å². The molecule has 0 saturated carbocycles. The molecule has 8 nitrogen and oxygen atoms in total. The van der Waals surface area contributed by atoms with Crippen molar-refractivity contribution in [1.29, 1.82) is 0 Å². The number of hydrogen-bond donors (Lipinski definition) is 0. The Kier molecular flexibility index (Phi) is 7.83. The highest BCUT2D eigenvalue weighted by molar-refractivity contribution is 5.90. The third-order valence-electron chi connectivity index (χ3n) is 6.81. The van der Waals surface area contributed by atoms with Gasteiger partial charge in [-0.2, -0.15) is 0 Å². The van der Waals surface area contributed by atoms with Gasteiger partial charge in [-0.15, -0.1) is 0 Å². The van der Waals surface area contributed by atoms with Crippen LogP contribution >= 0.6 is 0 Å². The molecule has 5 rings (SSSR count). The van der Waals surface area contributed by atoms with Crippen LogP contribution in [0.25, 0.3) is 0 Å². The second kappa shape index (κ2) is 11.3. The van der Waals surface area contributed by atoms with Crippen LogP contribution in [0.1, 0.15) is 59.5 Å². The molecule has 2 saturated heterocycles. The fraction of sp³-hybridized carbons (Fsp3) is 0.375. The van der Waals surface area contributed by atoms with E-state index in [9.17, 15) is 9.59 Å². The molecule has 210 valence electrons. The van der Waals surface area contributed by atoms with Crippen LogP contribution in [0.2, 0.25) is 0 Å². The highest BCUT2D eigenvalue weighted by Crippen LogP contribution is 2.32. The van der Waals surface area contributed by atoms with E-state index in [1.165, 1.54) is 0 Å². The maximum atomic E-state index is 12.9. The number of benzene rings is 3. The second-order valence-corrected chi connectivity index (χ2v) is 11.0. The van der Waals surface area contributed by atoms with Gasteiger partial charge in [0.25, 0.3) is 0 Å². The fourth-order valence-corrected chi connectivity index (χ4v) is 4.05. The van der Waals surface area contributed by atoms with Crippen molar-refractivity contribution in [2.45, 2.75) is 51.1 Å². The summed E-state index contributed by atoms with van der Waals surface area (Å²) in [6.07, 6.45) is 0.322. The standard InChI is InChI=1S/C32H34O8/c1-31(2,39-29(33)21-8-12-25(13-9-21)35-17-27-19-37-27)23-6-5-7-24(16-23)32(3,4)40-30(34)22-10-14-26(15-11-22)36-18-28-20-38-28/h5-16,27-28H,17-20H2,1-4H3.